The molecule has 1 saturated carbocycles. The summed E-state index contributed by atoms with van der Waals surface area (Å²) in [6.07, 6.45) is 9.17. The molecular formula is C15H29Cl2N3O. The van der Waals surface area contributed by atoms with Gasteiger partial charge in [-0.3, -0.25) is 9.69 Å². The van der Waals surface area contributed by atoms with Crippen molar-refractivity contribution in [3.63, 3.8) is 0 Å². The number of hydrogen-bond acceptors (Lipinski definition) is 3. The van der Waals surface area contributed by atoms with Gasteiger partial charge in [0.05, 0.1) is 5.54 Å². The predicted molar refractivity (Wildman–Crippen MR) is 90.3 cm³/mol. The fourth-order valence-electron chi connectivity index (χ4n) is 4.04. The van der Waals surface area contributed by atoms with E-state index >= 15 is 0 Å². The Morgan fingerprint density at radius 3 is 2.19 bits per heavy atom. The number of likely N-dealkylation sites (tertiary alicyclic amines) is 2. The second kappa shape index (κ2) is 8.00. The minimum absolute atomic E-state index is 0. The molecule has 2 aliphatic heterocycles. The van der Waals surface area contributed by atoms with Crippen LogP contribution in [0, 0.1) is 0 Å². The lowest BCUT2D eigenvalue weighted by atomic mass is 9.97. The van der Waals surface area contributed by atoms with Crippen molar-refractivity contribution in [2.24, 2.45) is 5.73 Å². The first kappa shape index (κ1) is 19.0. The molecule has 1 amide bonds. The van der Waals surface area contributed by atoms with Crippen LogP contribution >= 0.6 is 24.8 Å². The summed E-state index contributed by atoms with van der Waals surface area (Å²) in [6, 6.07) is 0.592. The van der Waals surface area contributed by atoms with Crippen LogP contribution in [0.2, 0.25) is 0 Å². The van der Waals surface area contributed by atoms with Crippen molar-refractivity contribution in [3.05, 3.63) is 0 Å². The maximum Gasteiger partial charge on any atom is 0.242 e. The Labute approximate surface area is 140 Å². The van der Waals surface area contributed by atoms with Crippen molar-refractivity contribution in [1.29, 1.82) is 0 Å². The zero-order valence-electron chi connectivity index (χ0n) is 12.8. The van der Waals surface area contributed by atoms with Gasteiger partial charge >= 0.3 is 0 Å². The van der Waals surface area contributed by atoms with Crippen molar-refractivity contribution in [2.45, 2.75) is 62.9 Å². The van der Waals surface area contributed by atoms with Crippen LogP contribution in [-0.2, 0) is 4.79 Å². The maximum atomic E-state index is 12.6. The summed E-state index contributed by atoms with van der Waals surface area (Å²) >= 11 is 0. The Hall–Kier alpha value is -0.0300. The van der Waals surface area contributed by atoms with Crippen LogP contribution in [0.4, 0.5) is 0 Å². The van der Waals surface area contributed by atoms with Crippen molar-refractivity contribution < 1.29 is 4.79 Å². The van der Waals surface area contributed by atoms with Gasteiger partial charge in [-0.25, -0.2) is 0 Å². The largest absolute Gasteiger partial charge is 0.339 e. The number of piperidine rings is 1. The Morgan fingerprint density at radius 2 is 1.57 bits per heavy atom. The maximum absolute atomic E-state index is 12.6. The van der Waals surface area contributed by atoms with E-state index in [0.29, 0.717) is 6.04 Å². The molecule has 1 unspecified atom stereocenters. The van der Waals surface area contributed by atoms with E-state index in [0.717, 1.165) is 45.2 Å². The van der Waals surface area contributed by atoms with Crippen LogP contribution in [-0.4, -0.2) is 53.5 Å². The molecule has 1 atom stereocenters. The van der Waals surface area contributed by atoms with Crippen LogP contribution in [0.15, 0.2) is 0 Å². The molecule has 3 fully saturated rings. The van der Waals surface area contributed by atoms with Gasteiger partial charge < -0.3 is 10.6 Å². The molecule has 21 heavy (non-hydrogen) atoms. The Balaban J connectivity index is 0.00000110. The Kier molecular flexibility index (Phi) is 7.25. The van der Waals surface area contributed by atoms with Gasteiger partial charge in [0.2, 0.25) is 5.91 Å². The summed E-state index contributed by atoms with van der Waals surface area (Å²) in [7, 11) is 0. The number of carbonyl (C=O) groups excluding carboxylic acids is 1. The molecule has 2 saturated heterocycles. The highest BCUT2D eigenvalue weighted by atomic mass is 35.5. The third-order valence-corrected chi connectivity index (χ3v) is 5.28. The summed E-state index contributed by atoms with van der Waals surface area (Å²) in [6.45, 7) is 4.28. The molecule has 0 spiro atoms. The summed E-state index contributed by atoms with van der Waals surface area (Å²) < 4.78 is 0. The van der Waals surface area contributed by atoms with Crippen LogP contribution < -0.4 is 5.73 Å². The lowest BCUT2D eigenvalue weighted by molar-refractivity contribution is -0.135. The minimum Gasteiger partial charge on any atom is -0.339 e. The molecule has 3 aliphatic rings. The van der Waals surface area contributed by atoms with Crippen LogP contribution in [0.25, 0.3) is 0 Å². The molecule has 124 valence electrons. The molecule has 2 N–H and O–H groups in total. The van der Waals surface area contributed by atoms with Crippen LogP contribution in [0.1, 0.15) is 51.4 Å². The van der Waals surface area contributed by atoms with E-state index in [9.17, 15) is 4.79 Å². The quantitative estimate of drug-likeness (QED) is 0.840. The predicted octanol–water partition coefficient (Wildman–Crippen LogP) is 2.19. The van der Waals surface area contributed by atoms with E-state index in [-0.39, 0.29) is 30.7 Å². The van der Waals surface area contributed by atoms with Crippen LogP contribution in [0.5, 0.6) is 0 Å². The first-order valence-electron chi connectivity index (χ1n) is 8.01. The summed E-state index contributed by atoms with van der Waals surface area (Å²) in [4.78, 5) is 17.2. The normalized spacial score (nSPS) is 28.8. The fraction of sp³-hybridized carbons (Fsp3) is 0.933. The standard InChI is InChI=1S/C15H27N3O.2ClH/c16-15(7-2-3-8-15)14(19)18-11-6-13(12-18)17-9-4-1-5-10-17;;/h13H,1-12,16H2;2*1H. The minimum atomic E-state index is -0.531. The van der Waals surface area contributed by atoms with Crippen molar-refractivity contribution >= 4 is 30.7 Å². The van der Waals surface area contributed by atoms with Gasteiger partial charge in [0, 0.05) is 19.1 Å². The van der Waals surface area contributed by atoms with Crippen molar-refractivity contribution in [2.75, 3.05) is 26.2 Å². The van der Waals surface area contributed by atoms with Gasteiger partial charge in [0.25, 0.3) is 0 Å². The third-order valence-electron chi connectivity index (χ3n) is 5.28. The van der Waals surface area contributed by atoms with Crippen molar-refractivity contribution in [1.82, 2.24) is 9.80 Å². The van der Waals surface area contributed by atoms with E-state index in [2.05, 4.69) is 4.90 Å². The SMILES string of the molecule is Cl.Cl.NC1(C(=O)N2CCC(N3CCCCC3)C2)CCCC1. The Bertz CT molecular complexity index is 342. The number of halogens is 2. The molecule has 0 aromatic carbocycles. The molecule has 0 aromatic rings. The molecular weight excluding hydrogens is 309 g/mol. The van der Waals surface area contributed by atoms with Gasteiger partial charge in [0.1, 0.15) is 0 Å². The number of hydrogen-bond donors (Lipinski definition) is 1. The van der Waals surface area contributed by atoms with E-state index in [1.54, 1.807) is 0 Å². The highest BCUT2D eigenvalue weighted by molar-refractivity contribution is 5.86. The molecule has 2 heterocycles. The monoisotopic (exact) mass is 337 g/mol. The second-order valence-electron chi connectivity index (χ2n) is 6.65. The lowest BCUT2D eigenvalue weighted by Crippen LogP contribution is -2.53. The average molecular weight is 338 g/mol. The first-order valence-corrected chi connectivity index (χ1v) is 8.01. The topological polar surface area (TPSA) is 49.6 Å². The Morgan fingerprint density at radius 1 is 0.952 bits per heavy atom. The second-order valence-corrected chi connectivity index (χ2v) is 6.65. The van der Waals surface area contributed by atoms with Gasteiger partial charge in [-0.15, -0.1) is 24.8 Å². The van der Waals surface area contributed by atoms with Gasteiger partial charge in [-0.2, -0.15) is 0 Å². The van der Waals surface area contributed by atoms with E-state index < -0.39 is 5.54 Å². The zero-order chi connectivity index (χ0) is 13.3. The number of nitrogens with zero attached hydrogens (tertiary/aromatic N) is 2. The molecule has 0 radical (unpaired) electrons. The summed E-state index contributed by atoms with van der Waals surface area (Å²) in [5, 5.41) is 0. The van der Waals surface area contributed by atoms with E-state index in [4.69, 9.17) is 5.73 Å². The fourth-order valence-corrected chi connectivity index (χ4v) is 4.04. The van der Waals surface area contributed by atoms with Gasteiger partial charge in [-0.05, 0) is 45.2 Å². The summed E-state index contributed by atoms with van der Waals surface area (Å²) in [5.41, 5.74) is 5.77. The van der Waals surface area contributed by atoms with Crippen molar-refractivity contribution in [3.8, 4) is 0 Å². The smallest absolute Gasteiger partial charge is 0.242 e. The highest BCUT2D eigenvalue weighted by Crippen LogP contribution is 2.31. The number of carbonyl (C=O) groups is 1. The average Bonchev–Trinajstić information content (AvgIpc) is 3.09. The van der Waals surface area contributed by atoms with E-state index in [1.807, 2.05) is 4.90 Å². The number of nitrogens with two attached hydrogens (primary N) is 1. The van der Waals surface area contributed by atoms with E-state index in [1.165, 1.54) is 32.4 Å². The van der Waals surface area contributed by atoms with Gasteiger partial charge in [0.15, 0.2) is 0 Å². The third kappa shape index (κ3) is 4.04. The molecule has 1 aliphatic carbocycles. The molecule has 4 nitrogen and oxygen atoms in total. The highest BCUT2D eigenvalue weighted by Gasteiger charge is 2.42. The van der Waals surface area contributed by atoms with Gasteiger partial charge in [-0.1, -0.05) is 19.3 Å². The molecule has 0 bridgehead atoms. The van der Waals surface area contributed by atoms with Crippen LogP contribution in [0.3, 0.4) is 0 Å². The molecule has 0 aromatic heterocycles. The first-order chi connectivity index (χ1) is 9.19. The zero-order valence-corrected chi connectivity index (χ0v) is 14.4. The molecule has 6 heteroatoms. The number of rotatable bonds is 2. The molecule has 3 rings (SSSR count). The number of amides is 1. The summed E-state index contributed by atoms with van der Waals surface area (Å²) in [5.74, 6) is 0.226. The lowest BCUT2D eigenvalue weighted by Gasteiger charge is -2.33.